The van der Waals surface area contributed by atoms with Gasteiger partial charge in [0, 0.05) is 35.1 Å². The van der Waals surface area contributed by atoms with Crippen molar-refractivity contribution in [3.63, 3.8) is 0 Å². The zero-order chi connectivity index (χ0) is 18.3. The number of nitriles is 1. The minimum absolute atomic E-state index is 0.136. The minimum atomic E-state index is -0.232. The van der Waals surface area contributed by atoms with Gasteiger partial charge in [-0.05, 0) is 25.5 Å². The van der Waals surface area contributed by atoms with Crippen LogP contribution in [0.5, 0.6) is 5.88 Å². The molecule has 0 saturated carbocycles. The Hall–Kier alpha value is -2.34. The molecule has 2 aromatic heterocycles. The van der Waals surface area contributed by atoms with Crippen LogP contribution in [0.1, 0.15) is 32.5 Å². The number of fused-ring (bicyclic) bond motifs is 1. The molecule has 1 fully saturated rings. The molecule has 0 bridgehead atoms. The average Bonchev–Trinajstić information content (AvgIpc) is 3.18. The second kappa shape index (κ2) is 6.76. The molecule has 2 aliphatic heterocycles. The Morgan fingerprint density at radius 1 is 1.42 bits per heavy atom. The standard InChI is InChI=1S/C18H21N5O2S/c1-10-15-16(13(8-19)17(20)25-18(15)22-21-10)14-7-12(11(2)26-14)9-23-3-5-24-6-4-23/h7,16H,3-6,9,20H2,1-2H3,(H,21,22)/t16-/m1/s1. The van der Waals surface area contributed by atoms with Gasteiger partial charge in [0.1, 0.15) is 11.6 Å². The summed E-state index contributed by atoms with van der Waals surface area (Å²) in [5.41, 5.74) is 9.53. The second-order valence-electron chi connectivity index (χ2n) is 6.61. The molecule has 8 heteroatoms. The van der Waals surface area contributed by atoms with E-state index in [2.05, 4.69) is 34.2 Å². The lowest BCUT2D eigenvalue weighted by atomic mass is 9.88. The first kappa shape index (κ1) is 17.1. The molecule has 0 unspecified atom stereocenters. The number of nitrogens with zero attached hydrogens (tertiary/aromatic N) is 3. The number of aromatic nitrogens is 2. The smallest absolute Gasteiger partial charge is 0.244 e. The van der Waals surface area contributed by atoms with Crippen LogP contribution in [-0.2, 0) is 11.3 Å². The Morgan fingerprint density at radius 3 is 2.92 bits per heavy atom. The van der Waals surface area contributed by atoms with Crippen LogP contribution in [0.3, 0.4) is 0 Å². The second-order valence-corrected chi connectivity index (χ2v) is 7.90. The zero-order valence-electron chi connectivity index (χ0n) is 14.8. The van der Waals surface area contributed by atoms with Gasteiger partial charge < -0.3 is 15.2 Å². The van der Waals surface area contributed by atoms with Crippen molar-refractivity contribution in [1.82, 2.24) is 15.1 Å². The normalized spacial score (nSPS) is 20.6. The largest absolute Gasteiger partial charge is 0.420 e. The molecule has 4 rings (SSSR count). The predicted octanol–water partition coefficient (Wildman–Crippen LogP) is 2.14. The van der Waals surface area contributed by atoms with Crippen LogP contribution in [-0.4, -0.2) is 41.4 Å². The molecule has 0 spiro atoms. The summed E-state index contributed by atoms with van der Waals surface area (Å²) in [7, 11) is 0. The lowest BCUT2D eigenvalue weighted by Crippen LogP contribution is -2.35. The molecule has 7 nitrogen and oxygen atoms in total. The summed E-state index contributed by atoms with van der Waals surface area (Å²) < 4.78 is 11.0. The van der Waals surface area contributed by atoms with E-state index in [1.807, 2.05) is 6.92 Å². The van der Waals surface area contributed by atoms with E-state index in [-0.39, 0.29) is 11.8 Å². The van der Waals surface area contributed by atoms with Crippen molar-refractivity contribution < 1.29 is 9.47 Å². The van der Waals surface area contributed by atoms with Crippen molar-refractivity contribution in [2.75, 3.05) is 26.3 Å². The van der Waals surface area contributed by atoms with Crippen LogP contribution in [0.25, 0.3) is 0 Å². The van der Waals surface area contributed by atoms with Crippen molar-refractivity contribution in [2.45, 2.75) is 26.3 Å². The van der Waals surface area contributed by atoms with Crippen LogP contribution < -0.4 is 10.5 Å². The van der Waals surface area contributed by atoms with E-state index in [9.17, 15) is 5.26 Å². The summed E-state index contributed by atoms with van der Waals surface area (Å²) in [5, 5.41) is 16.8. The number of rotatable bonds is 3. The van der Waals surface area contributed by atoms with Crippen LogP contribution in [0.4, 0.5) is 0 Å². The first-order chi connectivity index (χ1) is 12.6. The Labute approximate surface area is 156 Å². The lowest BCUT2D eigenvalue weighted by Gasteiger charge is -2.26. The highest BCUT2D eigenvalue weighted by Gasteiger charge is 2.35. The maximum atomic E-state index is 9.67. The molecule has 0 aliphatic carbocycles. The maximum absolute atomic E-state index is 9.67. The number of hydrogen-bond acceptors (Lipinski definition) is 7. The average molecular weight is 371 g/mol. The molecule has 26 heavy (non-hydrogen) atoms. The van der Waals surface area contributed by atoms with Gasteiger partial charge in [0.25, 0.3) is 0 Å². The number of H-pyrrole nitrogens is 1. The van der Waals surface area contributed by atoms with Crippen molar-refractivity contribution in [2.24, 2.45) is 5.73 Å². The first-order valence-corrected chi connectivity index (χ1v) is 9.42. The Bertz CT molecular complexity index is 901. The number of morpholine rings is 1. The van der Waals surface area contributed by atoms with Gasteiger partial charge in [0.2, 0.25) is 11.8 Å². The van der Waals surface area contributed by atoms with Gasteiger partial charge in [-0.15, -0.1) is 16.4 Å². The van der Waals surface area contributed by atoms with Crippen LogP contribution >= 0.6 is 11.3 Å². The van der Waals surface area contributed by atoms with Gasteiger partial charge in [0.15, 0.2) is 0 Å². The SMILES string of the molecule is Cc1[nH]nc2c1[C@@H](c1cc(CN3CCOCC3)c(C)s1)C(C#N)=C(N)O2. The molecular weight excluding hydrogens is 350 g/mol. The summed E-state index contributed by atoms with van der Waals surface area (Å²) in [5.74, 6) is 0.367. The van der Waals surface area contributed by atoms with Gasteiger partial charge in [-0.2, -0.15) is 5.26 Å². The fraction of sp³-hybridized carbons (Fsp3) is 0.444. The maximum Gasteiger partial charge on any atom is 0.244 e. The Balaban J connectivity index is 1.71. The third kappa shape index (κ3) is 2.88. The number of hydrogen-bond donors (Lipinski definition) is 2. The zero-order valence-corrected chi connectivity index (χ0v) is 15.7. The van der Waals surface area contributed by atoms with Gasteiger partial charge in [-0.25, -0.2) is 0 Å². The summed E-state index contributed by atoms with van der Waals surface area (Å²) in [6.45, 7) is 8.43. The van der Waals surface area contributed by atoms with E-state index in [0.717, 1.165) is 49.0 Å². The van der Waals surface area contributed by atoms with E-state index < -0.39 is 0 Å². The molecule has 0 aromatic carbocycles. The number of aromatic amines is 1. The van der Waals surface area contributed by atoms with Crippen molar-refractivity contribution >= 4 is 11.3 Å². The third-order valence-corrected chi connectivity index (χ3v) is 6.11. The molecule has 136 valence electrons. The molecule has 4 heterocycles. The van der Waals surface area contributed by atoms with Gasteiger partial charge in [-0.3, -0.25) is 10.00 Å². The highest BCUT2D eigenvalue weighted by Crippen LogP contribution is 2.45. The lowest BCUT2D eigenvalue weighted by molar-refractivity contribution is 0.0341. The number of nitrogens with two attached hydrogens (primary N) is 1. The molecule has 0 amide bonds. The topological polar surface area (TPSA) is 100 Å². The van der Waals surface area contributed by atoms with Gasteiger partial charge in [-0.1, -0.05) is 0 Å². The number of nitrogens with one attached hydrogen (secondary N) is 1. The summed E-state index contributed by atoms with van der Waals surface area (Å²) in [4.78, 5) is 4.76. The quantitative estimate of drug-likeness (QED) is 0.857. The van der Waals surface area contributed by atoms with Crippen molar-refractivity contribution in [1.29, 1.82) is 5.26 Å². The van der Waals surface area contributed by atoms with Gasteiger partial charge >= 0.3 is 0 Å². The number of aryl methyl sites for hydroxylation is 2. The molecule has 1 saturated heterocycles. The molecule has 0 radical (unpaired) electrons. The van der Waals surface area contributed by atoms with Crippen LogP contribution in [0.2, 0.25) is 0 Å². The fourth-order valence-electron chi connectivity index (χ4n) is 3.53. The first-order valence-electron chi connectivity index (χ1n) is 8.60. The van der Waals surface area contributed by atoms with E-state index in [1.54, 1.807) is 11.3 Å². The van der Waals surface area contributed by atoms with Crippen LogP contribution in [0, 0.1) is 25.2 Å². The van der Waals surface area contributed by atoms with Crippen LogP contribution in [0.15, 0.2) is 17.5 Å². The Kier molecular flexibility index (Phi) is 4.44. The fourth-order valence-corrected chi connectivity index (χ4v) is 4.69. The summed E-state index contributed by atoms with van der Waals surface area (Å²) in [6, 6.07) is 4.44. The highest BCUT2D eigenvalue weighted by molar-refractivity contribution is 7.12. The third-order valence-electron chi connectivity index (χ3n) is 4.95. The van der Waals surface area contributed by atoms with E-state index in [0.29, 0.717) is 11.5 Å². The number of thiophene rings is 1. The molecule has 2 aromatic rings. The number of allylic oxidation sites excluding steroid dienone is 1. The van der Waals surface area contributed by atoms with E-state index in [4.69, 9.17) is 15.2 Å². The molecule has 1 atom stereocenters. The summed E-state index contributed by atoms with van der Waals surface area (Å²) >= 11 is 1.71. The Morgan fingerprint density at radius 2 is 2.19 bits per heavy atom. The molecular formula is C18H21N5O2S. The highest BCUT2D eigenvalue weighted by atomic mass is 32.1. The predicted molar refractivity (Wildman–Crippen MR) is 97.8 cm³/mol. The van der Waals surface area contributed by atoms with Gasteiger partial charge in [0.05, 0.1) is 24.7 Å². The van der Waals surface area contributed by atoms with Crippen molar-refractivity contribution in [3.8, 4) is 11.9 Å². The summed E-state index contributed by atoms with van der Waals surface area (Å²) in [6.07, 6.45) is 0. The monoisotopic (exact) mass is 371 g/mol. The van der Waals surface area contributed by atoms with E-state index >= 15 is 0 Å². The molecule has 2 aliphatic rings. The van der Waals surface area contributed by atoms with E-state index in [1.165, 1.54) is 10.4 Å². The molecule has 3 N–H and O–H groups in total. The number of ether oxygens (including phenoxy) is 2. The van der Waals surface area contributed by atoms with Crippen molar-refractivity contribution in [3.05, 3.63) is 44.1 Å². The minimum Gasteiger partial charge on any atom is -0.420 e.